The average molecular weight is 437 g/mol. The van der Waals surface area contributed by atoms with E-state index in [0.717, 1.165) is 33.4 Å². The van der Waals surface area contributed by atoms with Crippen LogP contribution in [-0.2, 0) is 19.6 Å². The molecule has 2 aromatic carbocycles. The van der Waals surface area contributed by atoms with Crippen LogP contribution < -0.4 is 10.1 Å². The summed E-state index contributed by atoms with van der Waals surface area (Å²) in [6.45, 7) is 1.61. The fourth-order valence-corrected chi connectivity index (χ4v) is 3.84. The predicted molar refractivity (Wildman–Crippen MR) is 113 cm³/mol. The van der Waals surface area contributed by atoms with Crippen LogP contribution in [0.3, 0.4) is 0 Å². The Kier molecular flexibility index (Phi) is 5.10. The molecule has 0 unspecified atom stereocenters. The molecule has 2 aromatic heterocycles. The minimum Gasteiger partial charge on any atom is -0.406 e. The predicted octanol–water partition coefficient (Wildman–Crippen LogP) is 5.18. The van der Waals surface area contributed by atoms with E-state index in [1.807, 2.05) is 30.3 Å². The maximum Gasteiger partial charge on any atom is 0.573 e. The standard InChI is InChI=1S/C23H18F3N5O/c24-23(25,26)32-18-6-3-4-15(8-18)11-31-12-19-21(13-31)28-14-29-22(19)30-17-9-16-5-1-2-7-20(16)27-10-17/h1-10,14H,11-13H2,(H,28,29,30). The molecule has 5 rings (SSSR count). The molecule has 162 valence electrons. The second-order valence-electron chi connectivity index (χ2n) is 7.53. The first kappa shape index (κ1) is 20.2. The van der Waals surface area contributed by atoms with Crippen molar-refractivity contribution in [3.8, 4) is 5.75 Å². The van der Waals surface area contributed by atoms with Crippen LogP contribution in [0.4, 0.5) is 24.7 Å². The highest BCUT2D eigenvalue weighted by molar-refractivity contribution is 5.82. The van der Waals surface area contributed by atoms with Crippen molar-refractivity contribution in [1.29, 1.82) is 0 Å². The summed E-state index contributed by atoms with van der Waals surface area (Å²) in [5, 5.41) is 4.35. The normalized spacial score (nSPS) is 13.8. The Morgan fingerprint density at radius 1 is 0.969 bits per heavy atom. The Labute approximate surface area is 181 Å². The maximum atomic E-state index is 12.5. The number of nitrogens with zero attached hydrogens (tertiary/aromatic N) is 4. The summed E-state index contributed by atoms with van der Waals surface area (Å²) in [4.78, 5) is 15.3. The molecule has 0 atom stereocenters. The minimum absolute atomic E-state index is 0.224. The van der Waals surface area contributed by atoms with Crippen molar-refractivity contribution in [3.63, 3.8) is 0 Å². The lowest BCUT2D eigenvalue weighted by Crippen LogP contribution is -2.18. The van der Waals surface area contributed by atoms with Gasteiger partial charge in [-0.2, -0.15) is 0 Å². The number of halogens is 3. The minimum atomic E-state index is -4.71. The van der Waals surface area contributed by atoms with Crippen molar-refractivity contribution in [1.82, 2.24) is 19.9 Å². The number of fused-ring (bicyclic) bond motifs is 2. The molecule has 0 amide bonds. The highest BCUT2D eigenvalue weighted by Gasteiger charge is 2.31. The number of pyridine rings is 1. The van der Waals surface area contributed by atoms with Gasteiger partial charge in [0.2, 0.25) is 0 Å². The van der Waals surface area contributed by atoms with Crippen LogP contribution in [0.15, 0.2) is 67.1 Å². The number of benzene rings is 2. The molecule has 0 aliphatic carbocycles. The van der Waals surface area contributed by atoms with E-state index in [4.69, 9.17) is 0 Å². The van der Waals surface area contributed by atoms with E-state index in [2.05, 4.69) is 29.9 Å². The molecule has 3 heterocycles. The number of aromatic nitrogens is 3. The molecule has 0 radical (unpaired) electrons. The van der Waals surface area contributed by atoms with Gasteiger partial charge in [-0.15, -0.1) is 13.2 Å². The van der Waals surface area contributed by atoms with Gasteiger partial charge in [0, 0.05) is 30.6 Å². The van der Waals surface area contributed by atoms with Crippen LogP contribution in [0, 0.1) is 0 Å². The van der Waals surface area contributed by atoms with Gasteiger partial charge in [0.05, 0.1) is 23.1 Å². The first-order valence-corrected chi connectivity index (χ1v) is 9.94. The van der Waals surface area contributed by atoms with Gasteiger partial charge in [-0.25, -0.2) is 9.97 Å². The summed E-state index contributed by atoms with van der Waals surface area (Å²) >= 11 is 0. The summed E-state index contributed by atoms with van der Waals surface area (Å²) in [6.07, 6.45) is -1.44. The summed E-state index contributed by atoms with van der Waals surface area (Å²) in [6, 6.07) is 15.9. The zero-order chi connectivity index (χ0) is 22.1. The van der Waals surface area contributed by atoms with Crippen molar-refractivity contribution in [2.24, 2.45) is 0 Å². The number of ether oxygens (including phenoxy) is 1. The lowest BCUT2D eigenvalue weighted by molar-refractivity contribution is -0.274. The molecular formula is C23H18F3N5O. The maximum absolute atomic E-state index is 12.5. The summed E-state index contributed by atoms with van der Waals surface area (Å²) in [5.41, 5.74) is 4.30. The highest BCUT2D eigenvalue weighted by atomic mass is 19.4. The Balaban J connectivity index is 1.32. The molecule has 0 spiro atoms. The zero-order valence-electron chi connectivity index (χ0n) is 16.8. The lowest BCUT2D eigenvalue weighted by atomic mass is 10.2. The van der Waals surface area contributed by atoms with E-state index in [9.17, 15) is 13.2 Å². The fourth-order valence-electron chi connectivity index (χ4n) is 3.84. The summed E-state index contributed by atoms with van der Waals surface area (Å²) in [7, 11) is 0. The Hall–Kier alpha value is -3.72. The molecule has 0 fully saturated rings. The number of hydrogen-bond donors (Lipinski definition) is 1. The van der Waals surface area contributed by atoms with Gasteiger partial charge < -0.3 is 10.1 Å². The smallest absolute Gasteiger partial charge is 0.406 e. The first-order chi connectivity index (χ1) is 15.4. The molecular weight excluding hydrogens is 419 g/mol. The Bertz CT molecular complexity index is 1280. The van der Waals surface area contributed by atoms with Gasteiger partial charge in [0.1, 0.15) is 17.9 Å². The zero-order valence-corrected chi connectivity index (χ0v) is 16.8. The third-order valence-electron chi connectivity index (χ3n) is 5.18. The van der Waals surface area contributed by atoms with Gasteiger partial charge in [0.25, 0.3) is 0 Å². The van der Waals surface area contributed by atoms with Gasteiger partial charge in [-0.05, 0) is 29.8 Å². The van der Waals surface area contributed by atoms with E-state index in [-0.39, 0.29) is 5.75 Å². The van der Waals surface area contributed by atoms with Crippen LogP contribution in [-0.4, -0.2) is 26.2 Å². The van der Waals surface area contributed by atoms with Gasteiger partial charge in [-0.1, -0.05) is 30.3 Å². The lowest BCUT2D eigenvalue weighted by Gasteiger charge is -2.16. The van der Waals surface area contributed by atoms with Crippen molar-refractivity contribution >= 4 is 22.4 Å². The quantitative estimate of drug-likeness (QED) is 0.464. The van der Waals surface area contributed by atoms with Crippen LogP contribution in [0.25, 0.3) is 10.9 Å². The molecule has 1 aliphatic rings. The topological polar surface area (TPSA) is 63.2 Å². The second-order valence-corrected chi connectivity index (χ2v) is 7.53. The van der Waals surface area contributed by atoms with E-state index >= 15 is 0 Å². The first-order valence-electron chi connectivity index (χ1n) is 9.94. The highest BCUT2D eigenvalue weighted by Crippen LogP contribution is 2.30. The second kappa shape index (κ2) is 8.08. The molecule has 0 saturated carbocycles. The monoisotopic (exact) mass is 437 g/mol. The van der Waals surface area contributed by atoms with Crippen molar-refractivity contribution in [2.75, 3.05) is 5.32 Å². The largest absolute Gasteiger partial charge is 0.573 e. The molecule has 6 nitrogen and oxygen atoms in total. The Morgan fingerprint density at radius 3 is 2.72 bits per heavy atom. The van der Waals surface area contributed by atoms with Crippen molar-refractivity contribution < 1.29 is 17.9 Å². The number of rotatable bonds is 5. The summed E-state index contributed by atoms with van der Waals surface area (Å²) in [5.74, 6) is 0.474. The van der Waals surface area contributed by atoms with Crippen molar-refractivity contribution in [2.45, 2.75) is 26.0 Å². The van der Waals surface area contributed by atoms with E-state index in [1.165, 1.54) is 18.5 Å². The Morgan fingerprint density at radius 2 is 1.84 bits per heavy atom. The van der Waals surface area contributed by atoms with E-state index in [0.29, 0.717) is 25.5 Å². The van der Waals surface area contributed by atoms with Gasteiger partial charge in [-0.3, -0.25) is 9.88 Å². The molecule has 0 saturated heterocycles. The number of alkyl halides is 3. The molecule has 0 bridgehead atoms. The van der Waals surface area contributed by atoms with Crippen LogP contribution in [0.2, 0.25) is 0 Å². The fraction of sp³-hybridized carbons (Fsp3) is 0.174. The van der Waals surface area contributed by atoms with Gasteiger partial charge in [0.15, 0.2) is 0 Å². The van der Waals surface area contributed by atoms with E-state index in [1.54, 1.807) is 18.3 Å². The average Bonchev–Trinajstić information content (AvgIpc) is 3.16. The van der Waals surface area contributed by atoms with Crippen LogP contribution in [0.1, 0.15) is 16.8 Å². The number of anilines is 2. The summed E-state index contributed by atoms with van der Waals surface area (Å²) < 4.78 is 41.6. The number of nitrogens with one attached hydrogen (secondary N) is 1. The van der Waals surface area contributed by atoms with Gasteiger partial charge >= 0.3 is 6.36 Å². The SMILES string of the molecule is FC(F)(F)Oc1cccc(CN2Cc3ncnc(Nc4cnc5ccccc5c4)c3C2)c1. The third kappa shape index (κ3) is 4.47. The van der Waals surface area contributed by atoms with Crippen LogP contribution >= 0.6 is 0 Å². The van der Waals surface area contributed by atoms with E-state index < -0.39 is 6.36 Å². The number of hydrogen-bond acceptors (Lipinski definition) is 6. The van der Waals surface area contributed by atoms with Crippen molar-refractivity contribution in [3.05, 3.63) is 83.9 Å². The molecule has 32 heavy (non-hydrogen) atoms. The molecule has 1 N–H and O–H groups in total. The molecule has 1 aliphatic heterocycles. The van der Waals surface area contributed by atoms with Crippen LogP contribution in [0.5, 0.6) is 5.75 Å². The number of para-hydroxylation sites is 1. The molecule has 4 aromatic rings. The molecule has 9 heteroatoms. The third-order valence-corrected chi connectivity index (χ3v) is 5.18.